The first-order valence-corrected chi connectivity index (χ1v) is 12.8. The van der Waals surface area contributed by atoms with Gasteiger partial charge in [0.2, 0.25) is 0 Å². The molecule has 2 N–H and O–H groups in total. The Bertz CT molecular complexity index is 1650. The van der Waals surface area contributed by atoms with Crippen LogP contribution in [0.4, 0.5) is 0 Å². The number of nitrogens with one attached hydrogen (secondary N) is 2. The number of fused-ring (bicyclic) bond motifs is 1. The van der Waals surface area contributed by atoms with Gasteiger partial charge >= 0.3 is 0 Å². The van der Waals surface area contributed by atoms with Crippen molar-refractivity contribution in [2.45, 2.75) is 18.8 Å². The number of methoxy groups -OCH3 is 1. The van der Waals surface area contributed by atoms with Gasteiger partial charge in [0.15, 0.2) is 0 Å². The molecule has 37 heavy (non-hydrogen) atoms. The van der Waals surface area contributed by atoms with E-state index in [1.807, 2.05) is 6.07 Å². The van der Waals surface area contributed by atoms with Gasteiger partial charge in [0.05, 0.1) is 7.11 Å². The van der Waals surface area contributed by atoms with Crippen LogP contribution >= 0.6 is 0 Å². The molecule has 3 nitrogen and oxygen atoms in total. The molecular weight excluding hydrogens is 452 g/mol. The largest absolute Gasteiger partial charge is 0.496 e. The summed E-state index contributed by atoms with van der Waals surface area (Å²) in [7, 11) is 1.75. The molecule has 2 heterocycles. The first kappa shape index (κ1) is 22.9. The third-order valence-electron chi connectivity index (χ3n) is 7.39. The van der Waals surface area contributed by atoms with E-state index in [1.165, 1.54) is 22.2 Å². The highest BCUT2D eigenvalue weighted by Crippen LogP contribution is 2.51. The number of aromatic nitrogens is 2. The van der Waals surface area contributed by atoms with Gasteiger partial charge in [-0.3, -0.25) is 0 Å². The van der Waals surface area contributed by atoms with Gasteiger partial charge in [-0.05, 0) is 41.8 Å². The second-order valence-electron chi connectivity index (χ2n) is 9.35. The third kappa shape index (κ3) is 3.66. The molecule has 3 heteroatoms. The second-order valence-corrected chi connectivity index (χ2v) is 9.35. The monoisotopic (exact) mass is 482 g/mol. The van der Waals surface area contributed by atoms with Crippen molar-refractivity contribution in [2.24, 2.45) is 0 Å². The summed E-state index contributed by atoms with van der Waals surface area (Å²) in [6.45, 7) is 2.18. The summed E-state index contributed by atoms with van der Waals surface area (Å²) in [6, 6.07) is 42.8. The Balaban J connectivity index is 1.84. The molecular formula is C34H30N2O. The maximum Gasteiger partial charge on any atom is 0.123 e. The number of hydrogen-bond donors (Lipinski definition) is 2. The SMILES string of the molecule is CCc1ccc(C(c2ccccc2)(c2ccccc2OC)c2[nH]c3ccccc3c2-c2ccccc2)[nH]1. The highest BCUT2D eigenvalue weighted by molar-refractivity contribution is 5.99. The summed E-state index contributed by atoms with van der Waals surface area (Å²) in [5, 5.41) is 1.20. The maximum atomic E-state index is 6.04. The summed E-state index contributed by atoms with van der Waals surface area (Å²) in [4.78, 5) is 7.70. The molecule has 0 spiro atoms. The first-order chi connectivity index (χ1) is 18.3. The number of hydrogen-bond acceptors (Lipinski definition) is 1. The highest BCUT2D eigenvalue weighted by Gasteiger charge is 2.45. The van der Waals surface area contributed by atoms with Crippen molar-refractivity contribution in [3.05, 3.63) is 150 Å². The molecule has 2 aromatic heterocycles. The Kier molecular flexibility index (Phi) is 5.90. The molecule has 0 radical (unpaired) electrons. The zero-order chi connectivity index (χ0) is 25.2. The molecule has 0 aliphatic rings. The molecule has 1 atom stereocenters. The number of para-hydroxylation sites is 2. The van der Waals surface area contributed by atoms with E-state index >= 15 is 0 Å². The number of H-pyrrole nitrogens is 2. The predicted molar refractivity (Wildman–Crippen MR) is 152 cm³/mol. The minimum Gasteiger partial charge on any atom is -0.496 e. The van der Waals surface area contributed by atoms with Crippen molar-refractivity contribution >= 4 is 10.9 Å². The molecule has 0 saturated carbocycles. The van der Waals surface area contributed by atoms with Crippen LogP contribution < -0.4 is 4.74 Å². The predicted octanol–water partition coefficient (Wildman–Crippen LogP) is 8.12. The zero-order valence-corrected chi connectivity index (χ0v) is 21.2. The number of benzene rings is 4. The fraction of sp³-hybridized carbons (Fsp3) is 0.118. The smallest absolute Gasteiger partial charge is 0.123 e. The molecule has 0 fully saturated rings. The summed E-state index contributed by atoms with van der Waals surface area (Å²) in [5.41, 5.74) is 8.43. The number of rotatable bonds is 7. The van der Waals surface area contributed by atoms with Gasteiger partial charge in [-0.15, -0.1) is 0 Å². The lowest BCUT2D eigenvalue weighted by atomic mass is 9.67. The van der Waals surface area contributed by atoms with E-state index in [4.69, 9.17) is 4.74 Å². The minimum absolute atomic E-state index is 0.689. The number of ether oxygens (including phenoxy) is 1. The Morgan fingerprint density at radius 3 is 2.08 bits per heavy atom. The standard InChI is InChI=1S/C34H30N2O/c1-3-26-22-23-31(35-26)34(25-16-8-5-9-17-25,28-19-11-13-21-30(28)37-2)33-32(24-14-6-4-7-15-24)27-18-10-12-20-29(27)36-33/h4-23,35-36H,3H2,1-2H3. The van der Waals surface area contributed by atoms with Crippen molar-refractivity contribution in [2.75, 3.05) is 7.11 Å². The van der Waals surface area contributed by atoms with Gasteiger partial charge in [0, 0.05) is 39.1 Å². The molecule has 0 saturated heterocycles. The van der Waals surface area contributed by atoms with Gasteiger partial charge in [-0.1, -0.05) is 104 Å². The van der Waals surface area contributed by atoms with Crippen molar-refractivity contribution in [1.82, 2.24) is 9.97 Å². The van der Waals surface area contributed by atoms with E-state index in [0.717, 1.165) is 40.2 Å². The van der Waals surface area contributed by atoms with Crippen LogP contribution in [0.25, 0.3) is 22.0 Å². The molecule has 6 rings (SSSR count). The summed E-state index contributed by atoms with van der Waals surface area (Å²) in [5.74, 6) is 0.844. The van der Waals surface area contributed by atoms with Crippen LogP contribution in [0.5, 0.6) is 5.75 Å². The highest BCUT2D eigenvalue weighted by atomic mass is 16.5. The van der Waals surface area contributed by atoms with Gasteiger partial charge in [-0.2, -0.15) is 0 Å². The second kappa shape index (κ2) is 9.51. The van der Waals surface area contributed by atoms with Crippen LogP contribution in [0.15, 0.2) is 121 Å². The van der Waals surface area contributed by atoms with E-state index in [1.54, 1.807) is 7.11 Å². The number of aromatic amines is 2. The summed E-state index contributed by atoms with van der Waals surface area (Å²) in [6.07, 6.45) is 0.926. The van der Waals surface area contributed by atoms with Gasteiger partial charge in [0.1, 0.15) is 11.2 Å². The number of aryl methyl sites for hydroxylation is 1. The Hall–Kier alpha value is -4.50. The lowest BCUT2D eigenvalue weighted by Gasteiger charge is -2.36. The molecule has 182 valence electrons. The van der Waals surface area contributed by atoms with Crippen molar-refractivity contribution < 1.29 is 4.74 Å². The molecule has 0 bridgehead atoms. The van der Waals surface area contributed by atoms with Crippen molar-refractivity contribution in [3.63, 3.8) is 0 Å². The van der Waals surface area contributed by atoms with E-state index in [2.05, 4.69) is 132 Å². The fourth-order valence-corrected chi connectivity index (χ4v) is 5.71. The van der Waals surface area contributed by atoms with E-state index < -0.39 is 5.41 Å². The Labute approximate surface area is 217 Å². The maximum absolute atomic E-state index is 6.04. The van der Waals surface area contributed by atoms with Gasteiger partial charge < -0.3 is 14.7 Å². The molecule has 1 unspecified atom stereocenters. The average molecular weight is 483 g/mol. The minimum atomic E-state index is -0.689. The molecule has 0 aliphatic heterocycles. The van der Waals surface area contributed by atoms with Crippen LogP contribution in [0.2, 0.25) is 0 Å². The van der Waals surface area contributed by atoms with Crippen LogP contribution in [0.3, 0.4) is 0 Å². The lowest BCUT2D eigenvalue weighted by Crippen LogP contribution is -2.33. The third-order valence-corrected chi connectivity index (χ3v) is 7.39. The van der Waals surface area contributed by atoms with Crippen molar-refractivity contribution in [1.29, 1.82) is 0 Å². The normalized spacial score (nSPS) is 12.9. The van der Waals surface area contributed by atoms with Gasteiger partial charge in [0.25, 0.3) is 0 Å². The first-order valence-electron chi connectivity index (χ1n) is 12.8. The van der Waals surface area contributed by atoms with E-state index in [9.17, 15) is 0 Å². The molecule has 4 aromatic carbocycles. The van der Waals surface area contributed by atoms with E-state index in [0.29, 0.717) is 0 Å². The summed E-state index contributed by atoms with van der Waals surface area (Å²) >= 11 is 0. The van der Waals surface area contributed by atoms with Crippen LogP contribution in [-0.2, 0) is 11.8 Å². The quantitative estimate of drug-likeness (QED) is 0.237. The Morgan fingerprint density at radius 1 is 0.676 bits per heavy atom. The van der Waals surface area contributed by atoms with Gasteiger partial charge in [-0.25, -0.2) is 0 Å². The van der Waals surface area contributed by atoms with Crippen LogP contribution in [-0.4, -0.2) is 17.1 Å². The topological polar surface area (TPSA) is 40.8 Å². The molecule has 6 aromatic rings. The Morgan fingerprint density at radius 2 is 1.35 bits per heavy atom. The summed E-state index contributed by atoms with van der Waals surface area (Å²) < 4.78 is 6.04. The van der Waals surface area contributed by atoms with E-state index in [-0.39, 0.29) is 0 Å². The van der Waals surface area contributed by atoms with Crippen LogP contribution in [0, 0.1) is 0 Å². The molecule has 0 aliphatic carbocycles. The average Bonchev–Trinajstić information content (AvgIpc) is 3.61. The van der Waals surface area contributed by atoms with Crippen LogP contribution in [0.1, 0.15) is 35.1 Å². The zero-order valence-electron chi connectivity index (χ0n) is 21.2. The lowest BCUT2D eigenvalue weighted by molar-refractivity contribution is 0.404. The fourth-order valence-electron chi connectivity index (χ4n) is 5.71. The molecule has 0 amide bonds. The van der Waals surface area contributed by atoms with Crippen molar-refractivity contribution in [3.8, 4) is 16.9 Å².